The number of aryl methyl sites for hydroxylation is 1. The van der Waals surface area contributed by atoms with Gasteiger partial charge in [-0.1, -0.05) is 0 Å². The number of carbonyl (C=O) groups is 1. The third-order valence-electron chi connectivity index (χ3n) is 2.79. The number of hydrogen-bond acceptors (Lipinski definition) is 4. The lowest BCUT2D eigenvalue weighted by atomic mass is 9.92. The Morgan fingerprint density at radius 3 is 2.72 bits per heavy atom. The maximum absolute atomic E-state index is 11.9. The molecule has 0 aliphatic rings. The van der Waals surface area contributed by atoms with Crippen molar-refractivity contribution in [2.45, 2.75) is 27.3 Å². The standard InChI is InChI=1S/C12H20N4O2/c1-5-16-7-6-14-9(10(16)17)15-8-12(2,3)11(18)13-4/h6-7H,5,8H2,1-4H3,(H,13,18)(H,14,15). The molecule has 0 fully saturated rings. The van der Waals surface area contributed by atoms with Crippen LogP contribution in [-0.2, 0) is 11.3 Å². The van der Waals surface area contributed by atoms with Gasteiger partial charge in [-0.25, -0.2) is 4.98 Å². The van der Waals surface area contributed by atoms with Crippen molar-refractivity contribution in [2.75, 3.05) is 18.9 Å². The highest BCUT2D eigenvalue weighted by Crippen LogP contribution is 2.14. The van der Waals surface area contributed by atoms with E-state index in [4.69, 9.17) is 0 Å². The van der Waals surface area contributed by atoms with Crippen LogP contribution in [0.1, 0.15) is 20.8 Å². The summed E-state index contributed by atoms with van der Waals surface area (Å²) in [5.74, 6) is 0.193. The maximum atomic E-state index is 11.9. The molecule has 1 amide bonds. The SMILES string of the molecule is CCn1ccnc(NCC(C)(C)C(=O)NC)c1=O. The minimum atomic E-state index is -0.601. The van der Waals surface area contributed by atoms with E-state index < -0.39 is 5.41 Å². The Kier molecular flexibility index (Phi) is 4.47. The molecule has 1 aromatic rings. The van der Waals surface area contributed by atoms with Gasteiger partial charge in [0.15, 0.2) is 5.82 Å². The van der Waals surface area contributed by atoms with Gasteiger partial charge in [0, 0.05) is 32.5 Å². The predicted molar refractivity (Wildman–Crippen MR) is 70.5 cm³/mol. The van der Waals surface area contributed by atoms with Crippen LogP contribution in [0.2, 0.25) is 0 Å². The average molecular weight is 252 g/mol. The van der Waals surface area contributed by atoms with Crippen molar-refractivity contribution in [3.8, 4) is 0 Å². The van der Waals surface area contributed by atoms with Crippen LogP contribution >= 0.6 is 0 Å². The number of carbonyl (C=O) groups excluding carboxylic acids is 1. The van der Waals surface area contributed by atoms with Gasteiger partial charge in [0.2, 0.25) is 5.91 Å². The van der Waals surface area contributed by atoms with E-state index in [1.165, 1.54) is 0 Å². The molecule has 0 spiro atoms. The number of hydrogen-bond donors (Lipinski definition) is 2. The van der Waals surface area contributed by atoms with Gasteiger partial charge in [0.1, 0.15) is 0 Å². The number of nitrogens with one attached hydrogen (secondary N) is 2. The van der Waals surface area contributed by atoms with Gasteiger partial charge in [-0.15, -0.1) is 0 Å². The Morgan fingerprint density at radius 1 is 1.50 bits per heavy atom. The van der Waals surface area contributed by atoms with Gasteiger partial charge in [0.05, 0.1) is 5.41 Å². The summed E-state index contributed by atoms with van der Waals surface area (Å²) in [6.07, 6.45) is 3.21. The second-order valence-electron chi connectivity index (χ2n) is 4.68. The quantitative estimate of drug-likeness (QED) is 0.797. The fourth-order valence-electron chi connectivity index (χ4n) is 1.54. The molecule has 0 aromatic carbocycles. The summed E-state index contributed by atoms with van der Waals surface area (Å²) in [7, 11) is 1.59. The molecule has 0 aliphatic carbocycles. The monoisotopic (exact) mass is 252 g/mol. The van der Waals surface area contributed by atoms with Gasteiger partial charge < -0.3 is 15.2 Å². The molecule has 0 radical (unpaired) electrons. The van der Waals surface area contributed by atoms with Crippen LogP contribution < -0.4 is 16.2 Å². The van der Waals surface area contributed by atoms with Crippen LogP contribution in [0.25, 0.3) is 0 Å². The molecule has 0 aliphatic heterocycles. The van der Waals surface area contributed by atoms with E-state index in [0.29, 0.717) is 13.1 Å². The lowest BCUT2D eigenvalue weighted by Crippen LogP contribution is -2.40. The Balaban J connectivity index is 2.81. The van der Waals surface area contributed by atoms with Crippen LogP contribution in [0.15, 0.2) is 17.2 Å². The largest absolute Gasteiger partial charge is 0.364 e. The van der Waals surface area contributed by atoms with E-state index in [2.05, 4.69) is 15.6 Å². The van der Waals surface area contributed by atoms with E-state index in [0.717, 1.165) is 0 Å². The fourth-order valence-corrected chi connectivity index (χ4v) is 1.54. The van der Waals surface area contributed by atoms with Crippen LogP contribution in [0.4, 0.5) is 5.82 Å². The predicted octanol–water partition coefficient (Wildman–Crippen LogP) is 0.447. The molecule has 100 valence electrons. The average Bonchev–Trinajstić information content (AvgIpc) is 2.36. The molecule has 0 bridgehead atoms. The van der Waals surface area contributed by atoms with E-state index in [1.54, 1.807) is 37.9 Å². The zero-order valence-corrected chi connectivity index (χ0v) is 11.3. The molecule has 0 atom stereocenters. The van der Waals surface area contributed by atoms with Crippen molar-refractivity contribution in [3.63, 3.8) is 0 Å². The third kappa shape index (κ3) is 3.09. The van der Waals surface area contributed by atoms with Crippen molar-refractivity contribution in [2.24, 2.45) is 5.41 Å². The Bertz CT molecular complexity index is 479. The Morgan fingerprint density at radius 2 is 2.17 bits per heavy atom. The topological polar surface area (TPSA) is 76.0 Å². The summed E-state index contributed by atoms with van der Waals surface area (Å²) in [4.78, 5) is 27.5. The van der Waals surface area contributed by atoms with Crippen molar-refractivity contribution < 1.29 is 4.79 Å². The molecule has 18 heavy (non-hydrogen) atoms. The smallest absolute Gasteiger partial charge is 0.293 e. The highest BCUT2D eigenvalue weighted by Gasteiger charge is 2.26. The molecule has 6 heteroatoms. The second kappa shape index (κ2) is 5.66. The number of aromatic nitrogens is 2. The minimum Gasteiger partial charge on any atom is -0.364 e. The zero-order valence-electron chi connectivity index (χ0n) is 11.3. The minimum absolute atomic E-state index is 0.0817. The molecule has 0 saturated carbocycles. The normalized spacial score (nSPS) is 11.1. The van der Waals surface area contributed by atoms with Crippen molar-refractivity contribution in [1.82, 2.24) is 14.9 Å². The second-order valence-corrected chi connectivity index (χ2v) is 4.68. The number of rotatable bonds is 5. The van der Waals surface area contributed by atoms with E-state index in [9.17, 15) is 9.59 Å². The van der Waals surface area contributed by atoms with Crippen LogP contribution in [0.5, 0.6) is 0 Å². The molecule has 0 saturated heterocycles. The van der Waals surface area contributed by atoms with Gasteiger partial charge >= 0.3 is 0 Å². The first-order chi connectivity index (χ1) is 8.42. The first kappa shape index (κ1) is 14.2. The van der Waals surface area contributed by atoms with Crippen molar-refractivity contribution in [3.05, 3.63) is 22.7 Å². The van der Waals surface area contributed by atoms with Crippen LogP contribution in [0, 0.1) is 5.41 Å². The van der Waals surface area contributed by atoms with E-state index >= 15 is 0 Å². The van der Waals surface area contributed by atoms with Gasteiger partial charge in [-0.3, -0.25) is 9.59 Å². The Labute approximate surface area is 106 Å². The first-order valence-corrected chi connectivity index (χ1v) is 5.94. The van der Waals surface area contributed by atoms with E-state index in [-0.39, 0.29) is 17.3 Å². The molecule has 1 aromatic heterocycles. The summed E-state index contributed by atoms with van der Waals surface area (Å²) in [6.45, 7) is 6.44. The number of nitrogens with zero attached hydrogens (tertiary/aromatic N) is 2. The molecule has 0 unspecified atom stereocenters. The molecule has 2 N–H and O–H groups in total. The summed E-state index contributed by atoms with van der Waals surface area (Å²) in [5, 5.41) is 5.53. The maximum Gasteiger partial charge on any atom is 0.293 e. The molecule has 1 heterocycles. The van der Waals surface area contributed by atoms with Crippen LogP contribution in [-0.4, -0.2) is 29.1 Å². The summed E-state index contributed by atoms with van der Waals surface area (Å²) >= 11 is 0. The lowest BCUT2D eigenvalue weighted by molar-refractivity contribution is -0.128. The van der Waals surface area contributed by atoms with Gasteiger partial charge in [-0.05, 0) is 20.8 Å². The van der Waals surface area contributed by atoms with Crippen molar-refractivity contribution >= 4 is 11.7 Å². The lowest BCUT2D eigenvalue weighted by Gasteiger charge is -2.22. The fraction of sp³-hybridized carbons (Fsp3) is 0.583. The molecular formula is C12H20N4O2. The van der Waals surface area contributed by atoms with Crippen LogP contribution in [0.3, 0.4) is 0 Å². The zero-order chi connectivity index (χ0) is 13.8. The third-order valence-corrected chi connectivity index (χ3v) is 2.79. The number of amides is 1. The first-order valence-electron chi connectivity index (χ1n) is 5.94. The Hall–Kier alpha value is -1.85. The highest BCUT2D eigenvalue weighted by atomic mass is 16.2. The molecule has 6 nitrogen and oxygen atoms in total. The molecular weight excluding hydrogens is 232 g/mol. The van der Waals surface area contributed by atoms with Crippen molar-refractivity contribution in [1.29, 1.82) is 0 Å². The highest BCUT2D eigenvalue weighted by molar-refractivity contribution is 5.82. The summed E-state index contributed by atoms with van der Waals surface area (Å²) in [5.41, 5.74) is -0.775. The molecule has 1 rings (SSSR count). The number of anilines is 1. The van der Waals surface area contributed by atoms with E-state index in [1.807, 2.05) is 6.92 Å². The summed E-state index contributed by atoms with van der Waals surface area (Å²) < 4.78 is 1.56. The van der Waals surface area contributed by atoms with Gasteiger partial charge in [0.25, 0.3) is 5.56 Å². The summed E-state index contributed by atoms with van der Waals surface area (Å²) in [6, 6.07) is 0. The van der Waals surface area contributed by atoms with Gasteiger partial charge in [-0.2, -0.15) is 0 Å².